The summed E-state index contributed by atoms with van der Waals surface area (Å²) < 4.78 is 0.890. The monoisotopic (exact) mass is 304 g/mol. The minimum absolute atomic E-state index is 0.241. The second kappa shape index (κ2) is 6.01. The molecule has 0 fully saturated rings. The number of alkyl halides is 1. The fraction of sp³-hybridized carbons (Fsp3) is 0.364. The van der Waals surface area contributed by atoms with E-state index in [2.05, 4.69) is 22.6 Å². The first-order valence-electron chi connectivity index (χ1n) is 4.56. The summed E-state index contributed by atoms with van der Waals surface area (Å²) >= 11 is 2.22. The largest absolute Gasteiger partial charge is 0.481 e. The third-order valence-electron chi connectivity index (χ3n) is 2.13. The number of rotatable bonds is 5. The van der Waals surface area contributed by atoms with Crippen LogP contribution >= 0.6 is 22.6 Å². The Morgan fingerprint density at radius 2 is 2.00 bits per heavy atom. The molecule has 14 heavy (non-hydrogen) atoms. The lowest BCUT2D eigenvalue weighted by atomic mass is 9.97. The van der Waals surface area contributed by atoms with Gasteiger partial charge in [-0.2, -0.15) is 0 Å². The Kier molecular flexibility index (Phi) is 4.93. The highest BCUT2D eigenvalue weighted by atomic mass is 127. The summed E-state index contributed by atoms with van der Waals surface area (Å²) in [5, 5.41) is 8.96. The van der Waals surface area contributed by atoms with Gasteiger partial charge in [0.1, 0.15) is 0 Å². The lowest BCUT2D eigenvalue weighted by Crippen LogP contribution is -2.16. The Morgan fingerprint density at radius 3 is 2.50 bits per heavy atom. The topological polar surface area (TPSA) is 37.3 Å². The Balaban J connectivity index is 2.60. The Hall–Kier alpha value is -0.580. The summed E-state index contributed by atoms with van der Waals surface area (Å²) in [5.41, 5.74) is 1.10. The third-order valence-corrected chi connectivity index (χ3v) is 2.75. The van der Waals surface area contributed by atoms with Crippen LogP contribution in [0.4, 0.5) is 0 Å². The van der Waals surface area contributed by atoms with Gasteiger partial charge in [0.2, 0.25) is 0 Å². The van der Waals surface area contributed by atoms with Crippen LogP contribution in [0.15, 0.2) is 30.3 Å². The number of benzene rings is 1. The zero-order valence-corrected chi connectivity index (χ0v) is 9.98. The van der Waals surface area contributed by atoms with Crippen LogP contribution in [0.5, 0.6) is 0 Å². The van der Waals surface area contributed by atoms with Crippen molar-refractivity contribution >= 4 is 28.6 Å². The van der Waals surface area contributed by atoms with Crippen molar-refractivity contribution in [2.45, 2.75) is 12.8 Å². The molecule has 0 radical (unpaired) electrons. The van der Waals surface area contributed by atoms with Gasteiger partial charge in [-0.15, -0.1) is 0 Å². The van der Waals surface area contributed by atoms with Gasteiger partial charge in [-0.25, -0.2) is 0 Å². The second-order valence-corrected chi connectivity index (χ2v) is 4.28. The molecule has 0 aliphatic heterocycles. The van der Waals surface area contributed by atoms with Crippen molar-refractivity contribution in [2.24, 2.45) is 5.92 Å². The number of carbonyl (C=O) groups is 1. The van der Waals surface area contributed by atoms with Gasteiger partial charge >= 0.3 is 5.97 Å². The summed E-state index contributed by atoms with van der Waals surface area (Å²) in [7, 11) is 0. The number of hydrogen-bond donors (Lipinski definition) is 1. The van der Waals surface area contributed by atoms with Crippen LogP contribution in [-0.2, 0) is 11.2 Å². The van der Waals surface area contributed by atoms with Crippen molar-refractivity contribution in [1.82, 2.24) is 0 Å². The average Bonchev–Trinajstić information content (AvgIpc) is 2.18. The first-order chi connectivity index (χ1) is 6.74. The first kappa shape index (κ1) is 11.5. The Labute approximate surface area is 97.5 Å². The van der Waals surface area contributed by atoms with E-state index >= 15 is 0 Å². The fourth-order valence-electron chi connectivity index (χ4n) is 1.34. The molecule has 0 spiro atoms. The molecule has 2 nitrogen and oxygen atoms in total. The highest BCUT2D eigenvalue weighted by Gasteiger charge is 2.16. The third kappa shape index (κ3) is 3.65. The summed E-state index contributed by atoms with van der Waals surface area (Å²) in [6.07, 6.45) is 1.38. The molecule has 0 saturated heterocycles. The molecule has 0 bridgehead atoms. The van der Waals surface area contributed by atoms with Gasteiger partial charge < -0.3 is 5.11 Å². The minimum Gasteiger partial charge on any atom is -0.481 e. The minimum atomic E-state index is -0.689. The molecule has 3 heteroatoms. The maximum Gasteiger partial charge on any atom is 0.306 e. The normalized spacial score (nSPS) is 12.4. The van der Waals surface area contributed by atoms with Gasteiger partial charge in [0.15, 0.2) is 0 Å². The summed E-state index contributed by atoms with van der Waals surface area (Å²) in [5.74, 6) is -0.931. The number of hydrogen-bond acceptors (Lipinski definition) is 1. The maximum atomic E-state index is 10.9. The van der Waals surface area contributed by atoms with Gasteiger partial charge in [-0.1, -0.05) is 52.9 Å². The highest BCUT2D eigenvalue weighted by Crippen LogP contribution is 2.13. The van der Waals surface area contributed by atoms with Crippen LogP contribution in [0.3, 0.4) is 0 Å². The van der Waals surface area contributed by atoms with E-state index in [-0.39, 0.29) is 5.92 Å². The van der Waals surface area contributed by atoms with Crippen molar-refractivity contribution in [2.75, 3.05) is 4.43 Å². The van der Waals surface area contributed by atoms with Crippen LogP contribution in [0.1, 0.15) is 12.0 Å². The molecule has 0 unspecified atom stereocenters. The Bertz CT molecular complexity index is 285. The van der Waals surface area contributed by atoms with E-state index in [4.69, 9.17) is 5.11 Å². The van der Waals surface area contributed by atoms with E-state index in [0.717, 1.165) is 16.4 Å². The zero-order valence-electron chi connectivity index (χ0n) is 7.82. The van der Waals surface area contributed by atoms with Crippen LogP contribution < -0.4 is 0 Å². The number of aliphatic carboxylic acids is 1. The molecule has 1 aromatic rings. The van der Waals surface area contributed by atoms with E-state index < -0.39 is 5.97 Å². The molecule has 1 N–H and O–H groups in total. The molecule has 0 aliphatic rings. The molecule has 0 amide bonds. The van der Waals surface area contributed by atoms with Gasteiger partial charge in [-0.3, -0.25) is 4.79 Å². The molecular formula is C11H13IO2. The quantitative estimate of drug-likeness (QED) is 0.671. The number of carboxylic acid groups (broad SMARTS) is 1. The van der Waals surface area contributed by atoms with Gasteiger partial charge in [-0.05, 0) is 18.4 Å². The SMILES string of the molecule is O=C(O)[C@@H](CCI)Cc1ccccc1. The van der Waals surface area contributed by atoms with Gasteiger partial charge in [0.25, 0.3) is 0 Å². The number of halogens is 1. The average molecular weight is 304 g/mol. The molecule has 0 aromatic heterocycles. The van der Waals surface area contributed by atoms with Crippen molar-refractivity contribution in [1.29, 1.82) is 0 Å². The molecular weight excluding hydrogens is 291 g/mol. The second-order valence-electron chi connectivity index (χ2n) is 3.20. The zero-order chi connectivity index (χ0) is 10.4. The van der Waals surface area contributed by atoms with Crippen LogP contribution in [-0.4, -0.2) is 15.5 Å². The fourth-order valence-corrected chi connectivity index (χ4v) is 2.09. The van der Waals surface area contributed by atoms with E-state index in [9.17, 15) is 4.79 Å². The van der Waals surface area contributed by atoms with E-state index in [1.807, 2.05) is 30.3 Å². The molecule has 0 heterocycles. The van der Waals surface area contributed by atoms with Gasteiger partial charge in [0, 0.05) is 4.43 Å². The molecule has 76 valence electrons. The molecule has 0 aliphatic carbocycles. The van der Waals surface area contributed by atoms with Crippen molar-refractivity contribution in [3.05, 3.63) is 35.9 Å². The van der Waals surface area contributed by atoms with Crippen LogP contribution in [0.25, 0.3) is 0 Å². The van der Waals surface area contributed by atoms with E-state index in [0.29, 0.717) is 6.42 Å². The van der Waals surface area contributed by atoms with Crippen LogP contribution in [0.2, 0.25) is 0 Å². The van der Waals surface area contributed by atoms with Gasteiger partial charge in [0.05, 0.1) is 5.92 Å². The Morgan fingerprint density at radius 1 is 1.36 bits per heavy atom. The summed E-state index contributed by atoms with van der Waals surface area (Å²) in [6, 6.07) is 9.78. The summed E-state index contributed by atoms with van der Waals surface area (Å²) in [6.45, 7) is 0. The molecule has 0 saturated carbocycles. The smallest absolute Gasteiger partial charge is 0.306 e. The number of carboxylic acids is 1. The van der Waals surface area contributed by atoms with Crippen LogP contribution in [0, 0.1) is 5.92 Å². The predicted octanol–water partition coefficient (Wildman–Crippen LogP) is 2.76. The van der Waals surface area contributed by atoms with Crippen molar-refractivity contribution in [3.63, 3.8) is 0 Å². The summed E-state index contributed by atoms with van der Waals surface area (Å²) in [4.78, 5) is 10.9. The van der Waals surface area contributed by atoms with E-state index in [1.54, 1.807) is 0 Å². The van der Waals surface area contributed by atoms with E-state index in [1.165, 1.54) is 0 Å². The first-order valence-corrected chi connectivity index (χ1v) is 6.09. The van der Waals surface area contributed by atoms with Crippen molar-refractivity contribution < 1.29 is 9.90 Å². The predicted molar refractivity (Wildman–Crippen MR) is 64.8 cm³/mol. The molecule has 1 atom stereocenters. The molecule has 1 rings (SSSR count). The lowest BCUT2D eigenvalue weighted by Gasteiger charge is -2.10. The lowest BCUT2D eigenvalue weighted by molar-refractivity contribution is -0.141. The van der Waals surface area contributed by atoms with Crippen molar-refractivity contribution in [3.8, 4) is 0 Å². The maximum absolute atomic E-state index is 10.9. The molecule has 1 aromatic carbocycles. The standard InChI is InChI=1S/C11H13IO2/c12-7-6-10(11(13)14)8-9-4-2-1-3-5-9/h1-5,10H,6-8H2,(H,13,14)/t10-/m0/s1. The highest BCUT2D eigenvalue weighted by molar-refractivity contribution is 14.1.